The van der Waals surface area contributed by atoms with E-state index in [-0.39, 0.29) is 5.03 Å². The van der Waals surface area contributed by atoms with E-state index in [1.54, 1.807) is 16.8 Å². The van der Waals surface area contributed by atoms with Crippen molar-refractivity contribution in [3.8, 4) is 17.2 Å². The molecule has 4 aromatic rings. The molecule has 5 rings (SSSR count). The van der Waals surface area contributed by atoms with Gasteiger partial charge in [-0.15, -0.1) is 0 Å². The zero-order valence-corrected chi connectivity index (χ0v) is 18.4. The lowest BCUT2D eigenvalue weighted by Crippen LogP contribution is -2.32. The number of hydrogen-bond acceptors (Lipinski definition) is 6. The van der Waals surface area contributed by atoms with Crippen LogP contribution in [0.1, 0.15) is 24.1 Å². The van der Waals surface area contributed by atoms with Crippen LogP contribution in [0.4, 0.5) is 4.39 Å². The molecule has 0 aromatic carbocycles. The molecule has 5 heterocycles. The van der Waals surface area contributed by atoms with Gasteiger partial charge in [0.1, 0.15) is 11.1 Å². The second-order valence-corrected chi connectivity index (χ2v) is 9.02. The first-order valence-electron chi connectivity index (χ1n) is 10.6. The van der Waals surface area contributed by atoms with E-state index in [4.69, 9.17) is 0 Å². The maximum absolute atomic E-state index is 14.3. The van der Waals surface area contributed by atoms with Crippen LogP contribution in [0.15, 0.2) is 52.9 Å². The van der Waals surface area contributed by atoms with Crippen LogP contribution in [0, 0.1) is 30.0 Å². The fraction of sp³-hybridized carbons (Fsp3) is 0.304. The first-order chi connectivity index (χ1) is 15.6. The third-order valence-electron chi connectivity index (χ3n) is 5.87. The monoisotopic (exact) mass is 447 g/mol. The lowest BCUT2D eigenvalue weighted by Gasteiger charge is -2.23. The third kappa shape index (κ3) is 3.87. The molecule has 0 unspecified atom stereocenters. The number of nitrogens with zero attached hydrogens (tertiary/aromatic N) is 6. The molecule has 1 N–H and O–H groups in total. The highest BCUT2D eigenvalue weighted by Crippen LogP contribution is 2.36. The standard InChI is InChI=1S/C23H22FN7S/c1-15-19(12-29-30(15)13-16-4-2-6-26-10-16)17-8-21(32-23-20(24)5-3-7-27-23)22-18(9-25)11-28-31(22)14-17/h3,5,7-8,11-12,14,16,26H,2,4,6,10,13H2,1H3/t16-/m1/s1. The van der Waals surface area contributed by atoms with Crippen LogP contribution in [0.2, 0.25) is 0 Å². The van der Waals surface area contributed by atoms with Gasteiger partial charge in [-0.3, -0.25) is 4.68 Å². The van der Waals surface area contributed by atoms with Gasteiger partial charge in [-0.1, -0.05) is 11.8 Å². The van der Waals surface area contributed by atoms with E-state index < -0.39 is 5.82 Å². The van der Waals surface area contributed by atoms with Gasteiger partial charge in [-0.25, -0.2) is 13.9 Å². The van der Waals surface area contributed by atoms with Crippen LogP contribution in [-0.4, -0.2) is 37.5 Å². The van der Waals surface area contributed by atoms with E-state index in [0.717, 1.165) is 41.4 Å². The number of halogens is 1. The molecule has 0 radical (unpaired) electrons. The second kappa shape index (κ2) is 8.73. The summed E-state index contributed by atoms with van der Waals surface area (Å²) < 4.78 is 18.0. The highest BCUT2D eigenvalue weighted by atomic mass is 32.2. The number of nitrogens with one attached hydrogen (secondary N) is 1. The Morgan fingerprint density at radius 2 is 2.25 bits per heavy atom. The number of hydrogen-bond donors (Lipinski definition) is 1. The lowest BCUT2D eigenvalue weighted by atomic mass is 9.99. The maximum Gasteiger partial charge on any atom is 0.155 e. The number of nitriles is 1. The molecule has 0 bridgehead atoms. The average molecular weight is 448 g/mol. The summed E-state index contributed by atoms with van der Waals surface area (Å²) in [7, 11) is 0. The normalized spacial score (nSPS) is 16.3. The summed E-state index contributed by atoms with van der Waals surface area (Å²) >= 11 is 1.19. The van der Waals surface area contributed by atoms with Crippen molar-refractivity contribution in [3.63, 3.8) is 0 Å². The minimum atomic E-state index is -0.399. The predicted octanol–water partition coefficient (Wildman–Crippen LogP) is 4.06. The molecule has 32 heavy (non-hydrogen) atoms. The summed E-state index contributed by atoms with van der Waals surface area (Å²) in [6.45, 7) is 5.05. The Bertz CT molecular complexity index is 1310. The van der Waals surface area contributed by atoms with Crippen LogP contribution in [0.3, 0.4) is 0 Å². The summed E-state index contributed by atoms with van der Waals surface area (Å²) in [5.41, 5.74) is 4.06. The van der Waals surface area contributed by atoms with Crippen molar-refractivity contribution in [2.45, 2.75) is 36.2 Å². The number of rotatable bonds is 5. The van der Waals surface area contributed by atoms with Gasteiger partial charge >= 0.3 is 0 Å². The van der Waals surface area contributed by atoms with E-state index in [2.05, 4.69) is 38.2 Å². The van der Waals surface area contributed by atoms with E-state index in [1.807, 2.05) is 18.5 Å². The number of pyridine rings is 2. The van der Waals surface area contributed by atoms with E-state index in [0.29, 0.717) is 17.0 Å². The van der Waals surface area contributed by atoms with Crippen molar-refractivity contribution in [2.24, 2.45) is 5.92 Å². The van der Waals surface area contributed by atoms with Gasteiger partial charge in [0.2, 0.25) is 0 Å². The molecule has 162 valence electrons. The van der Waals surface area contributed by atoms with Crippen molar-refractivity contribution >= 4 is 17.3 Å². The fourth-order valence-corrected chi connectivity index (χ4v) is 5.15. The Morgan fingerprint density at radius 1 is 1.34 bits per heavy atom. The van der Waals surface area contributed by atoms with E-state index in [1.165, 1.54) is 36.9 Å². The molecule has 0 spiro atoms. The Morgan fingerprint density at radius 3 is 3.03 bits per heavy atom. The van der Waals surface area contributed by atoms with Crippen molar-refractivity contribution in [2.75, 3.05) is 13.1 Å². The molecule has 1 atom stereocenters. The predicted molar refractivity (Wildman–Crippen MR) is 120 cm³/mol. The van der Waals surface area contributed by atoms with Crippen molar-refractivity contribution in [1.29, 1.82) is 5.26 Å². The summed E-state index contributed by atoms with van der Waals surface area (Å²) in [5.74, 6) is 0.171. The average Bonchev–Trinajstić information content (AvgIpc) is 3.39. The molecular formula is C23H22FN7S. The molecule has 1 aliphatic rings. The Hall–Kier alpha value is -3.22. The Kier molecular flexibility index (Phi) is 5.64. The van der Waals surface area contributed by atoms with Crippen LogP contribution in [0.5, 0.6) is 0 Å². The molecule has 1 saturated heterocycles. The second-order valence-electron chi connectivity index (χ2n) is 7.99. The molecule has 7 nitrogen and oxygen atoms in total. The van der Waals surface area contributed by atoms with Crippen molar-refractivity contribution < 1.29 is 4.39 Å². The summed E-state index contributed by atoms with van der Waals surface area (Å²) in [4.78, 5) is 4.88. The fourth-order valence-electron chi connectivity index (χ4n) is 4.18. The Balaban J connectivity index is 1.55. The zero-order chi connectivity index (χ0) is 22.1. The van der Waals surface area contributed by atoms with Crippen molar-refractivity contribution in [1.82, 2.24) is 29.7 Å². The lowest BCUT2D eigenvalue weighted by molar-refractivity contribution is 0.323. The first kappa shape index (κ1) is 20.7. The quantitative estimate of drug-likeness (QED) is 0.497. The summed E-state index contributed by atoms with van der Waals surface area (Å²) in [5, 5.41) is 22.3. The van der Waals surface area contributed by atoms with Crippen molar-refractivity contribution in [3.05, 3.63) is 60.1 Å². The van der Waals surface area contributed by atoms with Crippen LogP contribution < -0.4 is 5.32 Å². The third-order valence-corrected chi connectivity index (χ3v) is 6.90. The Labute approximate surface area is 189 Å². The minimum absolute atomic E-state index is 0.258. The highest BCUT2D eigenvalue weighted by molar-refractivity contribution is 7.99. The van der Waals surface area contributed by atoms with Gasteiger partial charge in [0.25, 0.3) is 0 Å². The summed E-state index contributed by atoms with van der Waals surface area (Å²) in [6, 6.07) is 7.08. The van der Waals surface area contributed by atoms with Crippen LogP contribution >= 0.6 is 11.8 Å². The van der Waals surface area contributed by atoms with Gasteiger partial charge in [-0.2, -0.15) is 15.5 Å². The number of piperidine rings is 1. The minimum Gasteiger partial charge on any atom is -0.316 e. The van der Waals surface area contributed by atoms with E-state index in [9.17, 15) is 9.65 Å². The summed E-state index contributed by atoms with van der Waals surface area (Å²) in [6.07, 6.45) is 9.25. The van der Waals surface area contributed by atoms with Gasteiger partial charge in [-0.05, 0) is 57.0 Å². The first-order valence-corrected chi connectivity index (χ1v) is 11.4. The van der Waals surface area contributed by atoms with Crippen LogP contribution in [-0.2, 0) is 6.54 Å². The van der Waals surface area contributed by atoms with Gasteiger partial charge in [0.05, 0.1) is 23.5 Å². The molecule has 1 fully saturated rings. The van der Waals surface area contributed by atoms with Gasteiger partial charge < -0.3 is 5.32 Å². The topological polar surface area (TPSA) is 83.8 Å². The molecule has 9 heteroatoms. The maximum atomic E-state index is 14.3. The molecule has 4 aromatic heterocycles. The number of fused-ring (bicyclic) bond motifs is 1. The van der Waals surface area contributed by atoms with Gasteiger partial charge in [0.15, 0.2) is 5.82 Å². The molecule has 0 aliphatic carbocycles. The zero-order valence-electron chi connectivity index (χ0n) is 17.6. The van der Waals surface area contributed by atoms with Crippen LogP contribution in [0.25, 0.3) is 16.6 Å². The molecule has 0 amide bonds. The molecule has 0 saturated carbocycles. The smallest absolute Gasteiger partial charge is 0.155 e. The SMILES string of the molecule is Cc1c(-c2cc(Sc3ncccc3F)c3c(C#N)cnn3c2)cnn1C[C@@H]1CCCNC1. The van der Waals surface area contributed by atoms with E-state index >= 15 is 0 Å². The highest BCUT2D eigenvalue weighted by Gasteiger charge is 2.19. The number of aromatic nitrogens is 5. The largest absolute Gasteiger partial charge is 0.316 e. The molecule has 1 aliphatic heterocycles. The van der Waals surface area contributed by atoms with Gasteiger partial charge in [0, 0.05) is 40.7 Å². The molecular weight excluding hydrogens is 425 g/mol.